The lowest BCUT2D eigenvalue weighted by molar-refractivity contribution is -0.111. The smallest absolute Gasteiger partial charge is 0.221 e. The third kappa shape index (κ3) is 9.15. The molecule has 2 aromatic carbocycles. The molecule has 0 N–H and O–H groups in total. The molecule has 0 aliphatic carbocycles. The summed E-state index contributed by atoms with van der Waals surface area (Å²) < 4.78 is 6.04. The van der Waals surface area contributed by atoms with Gasteiger partial charge in [0.15, 0.2) is 0 Å². The maximum atomic E-state index is 10.7. The molecule has 2 aromatic rings. The van der Waals surface area contributed by atoms with Crippen molar-refractivity contribution in [2.45, 2.75) is 70.8 Å². The predicted molar refractivity (Wildman–Crippen MR) is 119 cm³/mol. The van der Waals surface area contributed by atoms with Crippen LogP contribution in [0.25, 0.3) is 11.1 Å². The van der Waals surface area contributed by atoms with Gasteiger partial charge in [0.2, 0.25) is 5.24 Å². The van der Waals surface area contributed by atoms with Gasteiger partial charge in [-0.05, 0) is 73.2 Å². The Hall–Kier alpha value is -2.31. The number of nitrogens with zero attached hydrogens (tertiary/aromatic N) is 1. The monoisotopic (exact) mass is 411 g/mol. The van der Waals surface area contributed by atoms with Crippen LogP contribution in [0.2, 0.25) is 0 Å². The minimum atomic E-state index is -0.220. The number of rotatable bonds is 13. The van der Waals surface area contributed by atoms with Gasteiger partial charge in [-0.2, -0.15) is 5.26 Å². The van der Waals surface area contributed by atoms with E-state index in [0.717, 1.165) is 36.1 Å². The van der Waals surface area contributed by atoms with Gasteiger partial charge in [0.05, 0.1) is 17.7 Å². The Balaban J connectivity index is 1.62. The minimum Gasteiger partial charge on any atom is -0.491 e. The maximum absolute atomic E-state index is 10.7. The second-order valence-corrected chi connectivity index (χ2v) is 7.93. The molecule has 0 radical (unpaired) electrons. The van der Waals surface area contributed by atoms with E-state index in [2.05, 4.69) is 25.1 Å². The topological polar surface area (TPSA) is 50.1 Å². The van der Waals surface area contributed by atoms with Gasteiger partial charge in [0.1, 0.15) is 5.75 Å². The molecule has 29 heavy (non-hydrogen) atoms. The van der Waals surface area contributed by atoms with Crippen LogP contribution in [0.1, 0.15) is 70.3 Å². The van der Waals surface area contributed by atoms with E-state index in [1.807, 2.05) is 36.4 Å². The lowest BCUT2D eigenvalue weighted by Crippen LogP contribution is -2.11. The first-order valence-electron chi connectivity index (χ1n) is 10.5. The van der Waals surface area contributed by atoms with E-state index in [0.29, 0.717) is 12.0 Å². The van der Waals surface area contributed by atoms with Gasteiger partial charge < -0.3 is 4.74 Å². The van der Waals surface area contributed by atoms with Crippen LogP contribution in [0.5, 0.6) is 5.75 Å². The number of hydrogen-bond acceptors (Lipinski definition) is 3. The number of carbonyl (C=O) groups excluding carboxylic acids is 1. The normalized spacial score (nSPS) is 11.6. The highest BCUT2D eigenvalue weighted by Crippen LogP contribution is 2.24. The summed E-state index contributed by atoms with van der Waals surface area (Å²) in [6.45, 7) is 2.12. The van der Waals surface area contributed by atoms with Crippen molar-refractivity contribution in [3.05, 3.63) is 54.1 Å². The number of ether oxygens (including phenoxy) is 1. The summed E-state index contributed by atoms with van der Waals surface area (Å²) in [4.78, 5) is 10.7. The third-order valence-corrected chi connectivity index (χ3v) is 5.21. The van der Waals surface area contributed by atoms with E-state index in [-0.39, 0.29) is 11.3 Å². The Morgan fingerprint density at radius 2 is 1.41 bits per heavy atom. The highest BCUT2D eigenvalue weighted by atomic mass is 35.5. The minimum absolute atomic E-state index is 0.200. The molecular formula is C25H30ClNO2. The molecule has 0 saturated heterocycles. The molecule has 1 unspecified atom stereocenters. The summed E-state index contributed by atoms with van der Waals surface area (Å²) in [5.74, 6) is 0.892. The van der Waals surface area contributed by atoms with Crippen molar-refractivity contribution in [1.82, 2.24) is 0 Å². The number of benzene rings is 2. The molecule has 3 nitrogen and oxygen atoms in total. The summed E-state index contributed by atoms with van der Waals surface area (Å²) in [5.41, 5.74) is 2.88. The van der Waals surface area contributed by atoms with Crippen molar-refractivity contribution in [2.75, 3.05) is 0 Å². The Kier molecular flexibility index (Phi) is 10.3. The second-order valence-electron chi connectivity index (χ2n) is 7.51. The van der Waals surface area contributed by atoms with Crippen LogP contribution < -0.4 is 4.74 Å². The highest BCUT2D eigenvalue weighted by molar-refractivity contribution is 6.63. The van der Waals surface area contributed by atoms with E-state index in [9.17, 15) is 4.79 Å². The molecule has 2 rings (SSSR count). The van der Waals surface area contributed by atoms with E-state index >= 15 is 0 Å². The summed E-state index contributed by atoms with van der Waals surface area (Å²) in [7, 11) is 0. The summed E-state index contributed by atoms with van der Waals surface area (Å²) in [6, 6.07) is 17.9. The zero-order chi connectivity index (χ0) is 20.9. The molecule has 0 aromatic heterocycles. The van der Waals surface area contributed by atoms with Crippen molar-refractivity contribution >= 4 is 16.8 Å². The second kappa shape index (κ2) is 13.0. The summed E-state index contributed by atoms with van der Waals surface area (Å²) >= 11 is 5.33. The first-order chi connectivity index (χ1) is 14.1. The first kappa shape index (κ1) is 23.0. The van der Waals surface area contributed by atoms with Gasteiger partial charge in [0.25, 0.3) is 0 Å². The van der Waals surface area contributed by atoms with Gasteiger partial charge in [-0.3, -0.25) is 4.79 Å². The molecule has 0 saturated carbocycles. The van der Waals surface area contributed by atoms with Crippen molar-refractivity contribution < 1.29 is 9.53 Å². The quantitative estimate of drug-likeness (QED) is 0.257. The zero-order valence-corrected chi connectivity index (χ0v) is 18.0. The Morgan fingerprint density at radius 3 is 1.97 bits per heavy atom. The predicted octanol–water partition coefficient (Wildman–Crippen LogP) is 7.27. The van der Waals surface area contributed by atoms with Crippen molar-refractivity contribution in [3.8, 4) is 22.9 Å². The van der Waals surface area contributed by atoms with Crippen LogP contribution >= 0.6 is 11.6 Å². The van der Waals surface area contributed by atoms with Crippen LogP contribution in [0, 0.1) is 11.3 Å². The van der Waals surface area contributed by atoms with Crippen molar-refractivity contribution in [2.24, 2.45) is 0 Å². The standard InChI is InChI=1S/C25H30ClNO2/c1-20(9-7-5-3-2-4-6-8-10-25(26)28)29-24-17-15-23(16-18-24)22-13-11-21(19-27)12-14-22/h11-18,20H,2-10H2,1H3. The van der Waals surface area contributed by atoms with Crippen LogP contribution in [-0.4, -0.2) is 11.3 Å². The number of unbranched alkanes of at least 4 members (excludes halogenated alkanes) is 6. The molecule has 0 spiro atoms. The van der Waals surface area contributed by atoms with Gasteiger partial charge in [-0.25, -0.2) is 0 Å². The van der Waals surface area contributed by atoms with Crippen LogP contribution in [0.4, 0.5) is 0 Å². The Bertz CT molecular complexity index is 778. The molecule has 4 heteroatoms. The van der Waals surface area contributed by atoms with Crippen LogP contribution in [-0.2, 0) is 4.79 Å². The van der Waals surface area contributed by atoms with Crippen molar-refractivity contribution in [3.63, 3.8) is 0 Å². The number of halogens is 1. The average molecular weight is 412 g/mol. The highest BCUT2D eigenvalue weighted by Gasteiger charge is 2.05. The lowest BCUT2D eigenvalue weighted by atomic mass is 10.0. The Labute approximate surface area is 179 Å². The molecule has 0 fully saturated rings. The zero-order valence-electron chi connectivity index (χ0n) is 17.2. The fraction of sp³-hybridized carbons (Fsp3) is 0.440. The van der Waals surface area contributed by atoms with E-state index in [1.54, 1.807) is 0 Å². The first-order valence-corrected chi connectivity index (χ1v) is 10.9. The van der Waals surface area contributed by atoms with Gasteiger partial charge >= 0.3 is 0 Å². The van der Waals surface area contributed by atoms with Crippen molar-refractivity contribution in [1.29, 1.82) is 5.26 Å². The molecule has 0 bridgehead atoms. The fourth-order valence-electron chi connectivity index (χ4n) is 3.33. The SMILES string of the molecule is CC(CCCCCCCCCC(=O)Cl)Oc1ccc(-c2ccc(C#N)cc2)cc1. The molecule has 0 aliphatic rings. The van der Waals surface area contributed by atoms with Crippen LogP contribution in [0.3, 0.4) is 0 Å². The summed E-state index contributed by atoms with van der Waals surface area (Å²) in [5, 5.41) is 8.67. The van der Waals surface area contributed by atoms with Crippen LogP contribution in [0.15, 0.2) is 48.5 Å². The lowest BCUT2D eigenvalue weighted by Gasteiger charge is -2.15. The molecular weight excluding hydrogens is 382 g/mol. The molecule has 0 heterocycles. The average Bonchev–Trinajstić information content (AvgIpc) is 2.73. The Morgan fingerprint density at radius 1 is 0.897 bits per heavy atom. The number of carbonyl (C=O) groups is 1. The van der Waals surface area contributed by atoms with Gasteiger partial charge in [0, 0.05) is 6.42 Å². The molecule has 0 amide bonds. The fourth-order valence-corrected chi connectivity index (χ4v) is 3.47. The number of nitriles is 1. The molecule has 1 atom stereocenters. The van der Waals surface area contributed by atoms with Gasteiger partial charge in [-0.15, -0.1) is 0 Å². The van der Waals surface area contributed by atoms with E-state index in [1.165, 1.54) is 32.1 Å². The largest absolute Gasteiger partial charge is 0.491 e. The van der Waals surface area contributed by atoms with E-state index in [4.69, 9.17) is 21.6 Å². The maximum Gasteiger partial charge on any atom is 0.221 e. The van der Waals surface area contributed by atoms with E-state index < -0.39 is 0 Å². The molecule has 154 valence electrons. The third-order valence-electron chi connectivity index (χ3n) is 5.02. The molecule has 0 aliphatic heterocycles. The number of hydrogen-bond donors (Lipinski definition) is 0. The summed E-state index contributed by atoms with van der Waals surface area (Å²) in [6.07, 6.45) is 9.80. The van der Waals surface area contributed by atoms with Gasteiger partial charge in [-0.1, -0.05) is 56.4 Å².